The van der Waals surface area contributed by atoms with Crippen molar-refractivity contribution in [3.63, 3.8) is 0 Å². The van der Waals surface area contributed by atoms with Crippen molar-refractivity contribution in [1.82, 2.24) is 19.9 Å². The van der Waals surface area contributed by atoms with Crippen LogP contribution in [-0.4, -0.2) is 20.4 Å². The number of aryl methyl sites for hydroxylation is 2. The molecule has 0 radical (unpaired) electrons. The number of aromatic nitrogens is 3. The van der Waals surface area contributed by atoms with Crippen LogP contribution < -0.4 is 11.0 Å². The summed E-state index contributed by atoms with van der Waals surface area (Å²) in [6, 6.07) is 7.57. The van der Waals surface area contributed by atoms with Gasteiger partial charge < -0.3 is 5.32 Å². The first-order valence-corrected chi connectivity index (χ1v) is 9.72. The predicted octanol–water partition coefficient (Wildman–Crippen LogP) is 2.81. The highest BCUT2D eigenvalue weighted by Crippen LogP contribution is 2.19. The first-order chi connectivity index (χ1) is 13.0. The quantitative estimate of drug-likeness (QED) is 0.682. The molecule has 0 spiro atoms. The fourth-order valence-corrected chi connectivity index (χ4v) is 3.69. The Kier molecular flexibility index (Phi) is 6.13. The predicted molar refractivity (Wildman–Crippen MR) is 106 cm³/mol. The summed E-state index contributed by atoms with van der Waals surface area (Å²) in [5, 5.41) is 7.19. The van der Waals surface area contributed by atoms with Crippen molar-refractivity contribution in [3.8, 4) is 0 Å². The Bertz CT molecular complexity index is 952. The van der Waals surface area contributed by atoms with Crippen LogP contribution in [0.15, 0.2) is 52.2 Å². The first-order valence-electron chi connectivity index (χ1n) is 8.78. The van der Waals surface area contributed by atoms with Crippen LogP contribution in [-0.2, 0) is 17.8 Å². The maximum atomic E-state index is 12.6. The molecule has 0 aliphatic carbocycles. The summed E-state index contributed by atoms with van der Waals surface area (Å²) in [6.45, 7) is 3.94. The summed E-state index contributed by atoms with van der Waals surface area (Å²) < 4.78 is 1.53. The summed E-state index contributed by atoms with van der Waals surface area (Å²) in [5.41, 5.74) is 3.31. The van der Waals surface area contributed by atoms with E-state index in [0.717, 1.165) is 11.3 Å². The molecule has 0 saturated heterocycles. The van der Waals surface area contributed by atoms with E-state index < -0.39 is 0 Å². The van der Waals surface area contributed by atoms with Gasteiger partial charge in [0, 0.05) is 36.7 Å². The molecule has 27 heavy (non-hydrogen) atoms. The van der Waals surface area contributed by atoms with E-state index in [2.05, 4.69) is 26.7 Å². The molecule has 0 aromatic carbocycles. The lowest BCUT2D eigenvalue weighted by atomic mass is 10.0. The Hall–Kier alpha value is -2.80. The number of thiophene rings is 1. The standard InChI is InChI=1S/C20H22N4O2S/c1-14-10-15(2)24(20(26)22-14)8-5-19(25)23-18(11-16-6-9-27-13-16)17-4-3-7-21-12-17/h3-4,6-7,9-10,12-13,18H,5,8,11H2,1-2H3,(H,23,25)/t18-/m1/s1. The van der Waals surface area contributed by atoms with Crippen molar-refractivity contribution in [2.24, 2.45) is 0 Å². The largest absolute Gasteiger partial charge is 0.349 e. The average Bonchev–Trinajstić information content (AvgIpc) is 3.14. The van der Waals surface area contributed by atoms with Crippen LogP contribution in [0.5, 0.6) is 0 Å². The van der Waals surface area contributed by atoms with Crippen LogP contribution >= 0.6 is 11.3 Å². The fraction of sp³-hybridized carbons (Fsp3) is 0.300. The molecule has 6 nitrogen and oxygen atoms in total. The molecular weight excluding hydrogens is 360 g/mol. The molecule has 3 aromatic rings. The van der Waals surface area contributed by atoms with E-state index in [1.807, 2.05) is 30.5 Å². The van der Waals surface area contributed by atoms with Crippen molar-refractivity contribution in [1.29, 1.82) is 0 Å². The summed E-state index contributed by atoms with van der Waals surface area (Å²) in [4.78, 5) is 32.7. The van der Waals surface area contributed by atoms with Gasteiger partial charge in [0.05, 0.1) is 6.04 Å². The van der Waals surface area contributed by atoms with Crippen LogP contribution in [0, 0.1) is 13.8 Å². The lowest BCUT2D eigenvalue weighted by Crippen LogP contribution is -2.33. The second-order valence-corrected chi connectivity index (χ2v) is 7.25. The summed E-state index contributed by atoms with van der Waals surface area (Å²) in [7, 11) is 0. The van der Waals surface area contributed by atoms with Gasteiger partial charge >= 0.3 is 5.69 Å². The number of carbonyl (C=O) groups excluding carboxylic acids is 1. The Morgan fingerprint density at radius 3 is 2.85 bits per heavy atom. The van der Waals surface area contributed by atoms with E-state index in [1.165, 1.54) is 10.1 Å². The smallest absolute Gasteiger partial charge is 0.347 e. The highest BCUT2D eigenvalue weighted by Gasteiger charge is 2.16. The van der Waals surface area contributed by atoms with E-state index in [-0.39, 0.29) is 24.1 Å². The molecule has 1 amide bonds. The zero-order valence-corrected chi connectivity index (χ0v) is 16.2. The molecular formula is C20H22N4O2S. The van der Waals surface area contributed by atoms with Gasteiger partial charge in [-0.3, -0.25) is 14.3 Å². The number of nitrogens with zero attached hydrogens (tertiary/aromatic N) is 3. The number of rotatable bonds is 7. The molecule has 0 unspecified atom stereocenters. The lowest BCUT2D eigenvalue weighted by molar-refractivity contribution is -0.122. The van der Waals surface area contributed by atoms with Crippen molar-refractivity contribution < 1.29 is 4.79 Å². The Morgan fingerprint density at radius 1 is 1.33 bits per heavy atom. The van der Waals surface area contributed by atoms with Crippen molar-refractivity contribution in [2.75, 3.05) is 0 Å². The minimum absolute atomic E-state index is 0.106. The van der Waals surface area contributed by atoms with Gasteiger partial charge in [0.15, 0.2) is 0 Å². The van der Waals surface area contributed by atoms with Crippen molar-refractivity contribution in [3.05, 3.63) is 80.4 Å². The first kappa shape index (κ1) is 19.0. The molecule has 7 heteroatoms. The molecule has 3 heterocycles. The Balaban J connectivity index is 1.68. The molecule has 0 fully saturated rings. The third-order valence-corrected chi connectivity index (χ3v) is 5.08. The molecule has 0 saturated carbocycles. The second-order valence-electron chi connectivity index (χ2n) is 6.47. The van der Waals surface area contributed by atoms with E-state index >= 15 is 0 Å². The molecule has 0 bridgehead atoms. The normalized spacial score (nSPS) is 11.9. The highest BCUT2D eigenvalue weighted by molar-refractivity contribution is 7.07. The number of nitrogens with one attached hydrogen (secondary N) is 1. The molecule has 3 aromatic heterocycles. The molecule has 140 valence electrons. The summed E-state index contributed by atoms with van der Waals surface area (Å²) in [6.07, 6.45) is 4.40. The number of pyridine rings is 1. The molecule has 0 aliphatic heterocycles. The Labute approximate surface area is 161 Å². The maximum absolute atomic E-state index is 12.6. The fourth-order valence-electron chi connectivity index (χ4n) is 3.01. The minimum atomic E-state index is -0.317. The van der Waals surface area contributed by atoms with Crippen molar-refractivity contribution >= 4 is 17.2 Å². The van der Waals surface area contributed by atoms with E-state index in [4.69, 9.17) is 0 Å². The minimum Gasteiger partial charge on any atom is -0.349 e. The van der Waals surface area contributed by atoms with Gasteiger partial charge in [0.1, 0.15) is 0 Å². The second kappa shape index (κ2) is 8.73. The van der Waals surface area contributed by atoms with Gasteiger partial charge in [0.2, 0.25) is 5.91 Å². The number of hydrogen-bond donors (Lipinski definition) is 1. The van der Waals surface area contributed by atoms with E-state index in [1.54, 1.807) is 30.7 Å². The van der Waals surface area contributed by atoms with Gasteiger partial charge in [-0.15, -0.1) is 0 Å². The zero-order chi connectivity index (χ0) is 19.2. The number of hydrogen-bond acceptors (Lipinski definition) is 5. The molecule has 0 aliphatic rings. The van der Waals surface area contributed by atoms with Crippen LogP contribution in [0.25, 0.3) is 0 Å². The van der Waals surface area contributed by atoms with Gasteiger partial charge in [-0.2, -0.15) is 16.3 Å². The van der Waals surface area contributed by atoms with Gasteiger partial charge in [-0.1, -0.05) is 6.07 Å². The highest BCUT2D eigenvalue weighted by atomic mass is 32.1. The third-order valence-electron chi connectivity index (χ3n) is 4.35. The van der Waals surface area contributed by atoms with Gasteiger partial charge in [-0.05, 0) is 60.4 Å². The molecule has 3 rings (SSSR count). The zero-order valence-electron chi connectivity index (χ0n) is 15.4. The van der Waals surface area contributed by atoms with Gasteiger partial charge in [-0.25, -0.2) is 4.79 Å². The van der Waals surface area contributed by atoms with Crippen molar-refractivity contribution in [2.45, 2.75) is 39.3 Å². The summed E-state index contributed by atoms with van der Waals surface area (Å²) in [5.74, 6) is -0.106. The SMILES string of the molecule is Cc1cc(C)n(CCC(=O)N[C@H](Cc2ccsc2)c2cccnc2)c(=O)n1. The van der Waals surface area contributed by atoms with Crippen LogP contribution in [0.3, 0.4) is 0 Å². The Morgan fingerprint density at radius 2 is 2.19 bits per heavy atom. The average molecular weight is 382 g/mol. The number of amides is 1. The van der Waals surface area contributed by atoms with Crippen LogP contribution in [0.1, 0.15) is 35.0 Å². The van der Waals surface area contributed by atoms with Crippen LogP contribution in [0.4, 0.5) is 0 Å². The van der Waals surface area contributed by atoms with Crippen LogP contribution in [0.2, 0.25) is 0 Å². The number of carbonyl (C=O) groups is 1. The molecule has 1 atom stereocenters. The van der Waals surface area contributed by atoms with Gasteiger partial charge in [0.25, 0.3) is 0 Å². The monoisotopic (exact) mass is 382 g/mol. The maximum Gasteiger partial charge on any atom is 0.347 e. The third kappa shape index (κ3) is 5.10. The molecule has 1 N–H and O–H groups in total. The lowest BCUT2D eigenvalue weighted by Gasteiger charge is -2.19. The van der Waals surface area contributed by atoms with E-state index in [0.29, 0.717) is 18.7 Å². The topological polar surface area (TPSA) is 76.9 Å². The van der Waals surface area contributed by atoms with E-state index in [9.17, 15) is 9.59 Å². The summed E-state index contributed by atoms with van der Waals surface area (Å²) >= 11 is 1.63.